The molecule has 15 heavy (non-hydrogen) atoms. The molecule has 0 fully saturated rings. The third kappa shape index (κ3) is 3.08. The molecule has 0 spiro atoms. The van der Waals surface area contributed by atoms with Crippen LogP contribution in [0.25, 0.3) is 10.9 Å². The van der Waals surface area contributed by atoms with Gasteiger partial charge in [-0.05, 0) is 25.0 Å². The van der Waals surface area contributed by atoms with Gasteiger partial charge in [-0.15, -0.1) is 0 Å². The third-order valence-corrected chi connectivity index (χ3v) is 2.04. The molecule has 0 amide bonds. The first kappa shape index (κ1) is 13.7. The van der Waals surface area contributed by atoms with E-state index in [0.29, 0.717) is 0 Å². The number of nitrogens with one attached hydrogen (secondary N) is 1. The van der Waals surface area contributed by atoms with Crippen molar-refractivity contribution in [1.29, 1.82) is 0 Å². The van der Waals surface area contributed by atoms with Crippen molar-refractivity contribution in [3.8, 4) is 0 Å². The van der Waals surface area contributed by atoms with Gasteiger partial charge in [0.2, 0.25) is 0 Å². The normalized spacial score (nSPS) is 8.67. The van der Waals surface area contributed by atoms with Gasteiger partial charge in [0.15, 0.2) is 0 Å². The molecule has 2 rings (SSSR count). The number of aryl methyl sites for hydroxylation is 2. The topological polar surface area (TPSA) is 28.7 Å². The summed E-state index contributed by atoms with van der Waals surface area (Å²) >= 11 is 0. The van der Waals surface area contributed by atoms with Gasteiger partial charge in [0, 0.05) is 5.39 Å². The van der Waals surface area contributed by atoms with Crippen LogP contribution in [0.3, 0.4) is 0 Å². The fourth-order valence-electron chi connectivity index (χ4n) is 1.31. The van der Waals surface area contributed by atoms with Crippen LogP contribution in [0.2, 0.25) is 0 Å². The number of benzene rings is 1. The minimum absolute atomic E-state index is 1.16. The molecule has 0 aliphatic heterocycles. The summed E-state index contributed by atoms with van der Waals surface area (Å²) in [5, 5.41) is 8.20. The molecule has 1 N–H and O–H groups in total. The molecule has 1 aromatic heterocycles. The highest BCUT2D eigenvalue weighted by atomic mass is 15.1. The molecule has 0 atom stereocenters. The molecule has 0 saturated heterocycles. The summed E-state index contributed by atoms with van der Waals surface area (Å²) in [4.78, 5) is 0. The van der Waals surface area contributed by atoms with Gasteiger partial charge in [-0.3, -0.25) is 5.10 Å². The second-order valence-corrected chi connectivity index (χ2v) is 2.86. The Morgan fingerprint density at radius 3 is 2.00 bits per heavy atom. The van der Waals surface area contributed by atoms with Crippen molar-refractivity contribution < 1.29 is 0 Å². The Balaban J connectivity index is 0.000000442. The summed E-state index contributed by atoms with van der Waals surface area (Å²) in [6, 6.07) is 4.23. The van der Waals surface area contributed by atoms with Gasteiger partial charge in [0.25, 0.3) is 0 Å². The Kier molecular flexibility index (Phi) is 6.43. The maximum atomic E-state index is 4.00. The molecule has 2 nitrogen and oxygen atoms in total. The van der Waals surface area contributed by atoms with Crippen LogP contribution >= 0.6 is 0 Å². The molecule has 84 valence electrons. The zero-order valence-electron chi connectivity index (χ0n) is 10.7. The molecule has 0 saturated carbocycles. The minimum atomic E-state index is 1.16. The van der Waals surface area contributed by atoms with E-state index >= 15 is 0 Å². The van der Waals surface area contributed by atoms with Crippen LogP contribution in [-0.4, -0.2) is 10.2 Å². The first-order valence-electron chi connectivity index (χ1n) is 5.68. The lowest BCUT2D eigenvalue weighted by atomic mass is 10.1. The molecule has 0 bridgehead atoms. The molecule has 0 unspecified atom stereocenters. The Morgan fingerprint density at radius 2 is 1.47 bits per heavy atom. The van der Waals surface area contributed by atoms with E-state index in [-0.39, 0.29) is 0 Å². The second kappa shape index (κ2) is 7.04. The Hall–Kier alpha value is -1.31. The Morgan fingerprint density at radius 1 is 0.933 bits per heavy atom. The number of fused-ring (bicyclic) bond motifs is 1. The van der Waals surface area contributed by atoms with E-state index in [9.17, 15) is 0 Å². The van der Waals surface area contributed by atoms with Crippen molar-refractivity contribution in [3.63, 3.8) is 0 Å². The van der Waals surface area contributed by atoms with Gasteiger partial charge in [0.1, 0.15) is 0 Å². The van der Waals surface area contributed by atoms with Crippen LogP contribution in [0.4, 0.5) is 0 Å². The average molecular weight is 206 g/mol. The van der Waals surface area contributed by atoms with E-state index < -0.39 is 0 Å². The highest BCUT2D eigenvalue weighted by Gasteiger charge is 2.00. The number of hydrogen-bond donors (Lipinski definition) is 1. The lowest BCUT2D eigenvalue weighted by Crippen LogP contribution is -1.78. The summed E-state index contributed by atoms with van der Waals surface area (Å²) in [5.74, 6) is 0. The maximum absolute atomic E-state index is 4.00. The quantitative estimate of drug-likeness (QED) is 0.686. The summed E-state index contributed by atoms with van der Waals surface area (Å²) in [7, 11) is 0. The van der Waals surface area contributed by atoms with Gasteiger partial charge in [0.05, 0.1) is 11.7 Å². The first-order chi connectivity index (χ1) is 7.29. The summed E-state index contributed by atoms with van der Waals surface area (Å²) in [5.41, 5.74) is 3.69. The van der Waals surface area contributed by atoms with E-state index in [1.165, 1.54) is 16.5 Å². The monoisotopic (exact) mass is 206 g/mol. The van der Waals surface area contributed by atoms with Crippen molar-refractivity contribution in [2.45, 2.75) is 41.5 Å². The van der Waals surface area contributed by atoms with Crippen LogP contribution in [0.1, 0.15) is 38.8 Å². The molecular formula is C13H22N2. The number of hydrogen-bond acceptors (Lipinski definition) is 1. The van der Waals surface area contributed by atoms with E-state index in [4.69, 9.17) is 0 Å². The molecular weight excluding hydrogens is 184 g/mol. The first-order valence-corrected chi connectivity index (χ1v) is 5.68. The van der Waals surface area contributed by atoms with Crippen molar-refractivity contribution >= 4 is 10.9 Å². The lowest BCUT2D eigenvalue weighted by molar-refractivity contribution is 1.11. The second-order valence-electron chi connectivity index (χ2n) is 2.86. The van der Waals surface area contributed by atoms with Gasteiger partial charge in [-0.25, -0.2) is 0 Å². The van der Waals surface area contributed by atoms with Crippen molar-refractivity contribution in [3.05, 3.63) is 29.5 Å². The van der Waals surface area contributed by atoms with Crippen molar-refractivity contribution in [1.82, 2.24) is 10.2 Å². The number of aromatic amines is 1. The zero-order valence-corrected chi connectivity index (χ0v) is 10.7. The zero-order chi connectivity index (χ0) is 11.8. The minimum Gasteiger partial charge on any atom is -0.278 e. The summed E-state index contributed by atoms with van der Waals surface area (Å²) in [6.45, 7) is 12.2. The van der Waals surface area contributed by atoms with Crippen LogP contribution in [0.15, 0.2) is 18.3 Å². The molecule has 0 aliphatic carbocycles. The Labute approximate surface area is 92.7 Å². The third-order valence-electron chi connectivity index (χ3n) is 2.04. The number of rotatable bonds is 0. The number of aromatic nitrogens is 2. The van der Waals surface area contributed by atoms with Gasteiger partial charge in [-0.2, -0.15) is 5.10 Å². The number of nitrogens with zero attached hydrogens (tertiary/aromatic N) is 1. The SMILES string of the molecule is CC.CC.Cc1ccc(C)c2[nH]ncc12. The smallest absolute Gasteiger partial charge is 0.0682 e. The molecule has 0 radical (unpaired) electrons. The van der Waals surface area contributed by atoms with Gasteiger partial charge >= 0.3 is 0 Å². The van der Waals surface area contributed by atoms with Crippen LogP contribution < -0.4 is 0 Å². The molecule has 2 heteroatoms. The summed E-state index contributed by atoms with van der Waals surface area (Å²) in [6.07, 6.45) is 1.87. The average Bonchev–Trinajstić information content (AvgIpc) is 2.79. The largest absolute Gasteiger partial charge is 0.278 e. The molecule has 2 aromatic rings. The van der Waals surface area contributed by atoms with Crippen LogP contribution in [-0.2, 0) is 0 Å². The van der Waals surface area contributed by atoms with Crippen molar-refractivity contribution in [2.24, 2.45) is 0 Å². The predicted molar refractivity (Wildman–Crippen MR) is 68.3 cm³/mol. The van der Waals surface area contributed by atoms with E-state index in [1.54, 1.807) is 0 Å². The molecule has 1 aromatic carbocycles. The van der Waals surface area contributed by atoms with Gasteiger partial charge < -0.3 is 0 Å². The van der Waals surface area contributed by atoms with Crippen LogP contribution in [0, 0.1) is 13.8 Å². The standard InChI is InChI=1S/C9H10N2.2C2H6/c1-6-3-4-7(2)9-8(6)5-10-11-9;2*1-2/h3-5H,1-2H3,(H,10,11);2*1-2H3. The van der Waals surface area contributed by atoms with Crippen LogP contribution in [0.5, 0.6) is 0 Å². The number of H-pyrrole nitrogens is 1. The predicted octanol–water partition coefficient (Wildman–Crippen LogP) is 4.23. The summed E-state index contributed by atoms with van der Waals surface area (Å²) < 4.78 is 0. The van der Waals surface area contributed by atoms with Gasteiger partial charge in [-0.1, -0.05) is 39.8 Å². The van der Waals surface area contributed by atoms with Crippen molar-refractivity contribution in [2.75, 3.05) is 0 Å². The fraction of sp³-hybridized carbons (Fsp3) is 0.462. The maximum Gasteiger partial charge on any atom is 0.0682 e. The van der Waals surface area contributed by atoms with E-state index in [0.717, 1.165) is 5.52 Å². The fourth-order valence-corrected chi connectivity index (χ4v) is 1.31. The van der Waals surface area contributed by atoms with E-state index in [1.807, 2.05) is 33.9 Å². The van der Waals surface area contributed by atoms with E-state index in [2.05, 4.69) is 36.2 Å². The molecule has 0 aliphatic rings. The highest BCUT2D eigenvalue weighted by molar-refractivity contribution is 5.84. The highest BCUT2D eigenvalue weighted by Crippen LogP contribution is 2.18. The lowest BCUT2D eigenvalue weighted by Gasteiger charge is -1.96. The molecule has 1 heterocycles. The Bertz CT molecular complexity index is 352.